The Balaban J connectivity index is 1.59. The van der Waals surface area contributed by atoms with Gasteiger partial charge in [0.05, 0.1) is 6.17 Å². The van der Waals surface area contributed by atoms with Crippen molar-refractivity contribution in [2.75, 3.05) is 7.05 Å². The molecule has 0 spiro atoms. The summed E-state index contributed by atoms with van der Waals surface area (Å²) < 4.78 is 0. The van der Waals surface area contributed by atoms with Crippen molar-refractivity contribution in [3.8, 4) is 0 Å². The van der Waals surface area contributed by atoms with Crippen LogP contribution in [0, 0.1) is 5.92 Å². The molecule has 0 unspecified atom stereocenters. The minimum Gasteiger partial charge on any atom is -0.299 e. The van der Waals surface area contributed by atoms with Crippen molar-refractivity contribution in [3.05, 3.63) is 35.9 Å². The van der Waals surface area contributed by atoms with E-state index in [1.165, 1.54) is 18.4 Å². The summed E-state index contributed by atoms with van der Waals surface area (Å²) in [6.45, 7) is 1.05. The molecule has 2 aliphatic rings. The maximum absolute atomic E-state index is 3.67. The normalized spacial score (nSPS) is 33.1. The van der Waals surface area contributed by atoms with Gasteiger partial charge in [-0.05, 0) is 31.4 Å². The lowest BCUT2D eigenvalue weighted by molar-refractivity contribution is 0.202. The number of nitrogens with one attached hydrogen (secondary N) is 1. The van der Waals surface area contributed by atoms with Crippen molar-refractivity contribution in [3.63, 3.8) is 0 Å². The molecule has 0 amide bonds. The molecule has 80 valence electrons. The van der Waals surface area contributed by atoms with Gasteiger partial charge in [-0.3, -0.25) is 10.2 Å². The van der Waals surface area contributed by atoms with Crippen molar-refractivity contribution in [1.29, 1.82) is 0 Å². The maximum atomic E-state index is 3.67. The minimum absolute atomic E-state index is 0.606. The van der Waals surface area contributed by atoms with Crippen molar-refractivity contribution in [1.82, 2.24) is 10.2 Å². The van der Waals surface area contributed by atoms with E-state index in [4.69, 9.17) is 0 Å². The highest BCUT2D eigenvalue weighted by molar-refractivity contribution is 5.14. The predicted octanol–water partition coefficient (Wildman–Crippen LogP) is 1.83. The zero-order valence-electron chi connectivity index (χ0n) is 9.19. The topological polar surface area (TPSA) is 15.3 Å². The zero-order valence-corrected chi connectivity index (χ0v) is 9.19. The molecule has 1 saturated carbocycles. The number of rotatable bonds is 3. The van der Waals surface area contributed by atoms with Gasteiger partial charge in [-0.25, -0.2) is 0 Å². The Kier molecular flexibility index (Phi) is 2.26. The van der Waals surface area contributed by atoms with Crippen LogP contribution in [0.5, 0.6) is 0 Å². The average molecular weight is 202 g/mol. The first-order valence-electron chi connectivity index (χ1n) is 5.83. The summed E-state index contributed by atoms with van der Waals surface area (Å²) in [5, 5.41) is 3.67. The van der Waals surface area contributed by atoms with E-state index in [1.54, 1.807) is 0 Å². The summed E-state index contributed by atoms with van der Waals surface area (Å²) in [6.07, 6.45) is 3.36. The number of benzene rings is 1. The molecule has 1 aliphatic carbocycles. The van der Waals surface area contributed by atoms with Crippen molar-refractivity contribution in [2.45, 2.75) is 31.6 Å². The van der Waals surface area contributed by atoms with Crippen LogP contribution in [-0.4, -0.2) is 24.2 Å². The van der Waals surface area contributed by atoms with Crippen LogP contribution in [0.15, 0.2) is 30.3 Å². The number of hydrogen-bond acceptors (Lipinski definition) is 2. The summed E-state index contributed by atoms with van der Waals surface area (Å²) in [5.74, 6) is 0.980. The van der Waals surface area contributed by atoms with Crippen LogP contribution in [0.4, 0.5) is 0 Å². The summed E-state index contributed by atoms with van der Waals surface area (Å²) in [4.78, 5) is 2.43. The molecular formula is C13H18N2. The second-order valence-corrected chi connectivity index (χ2v) is 4.92. The maximum Gasteiger partial charge on any atom is 0.0602 e. The Bertz CT molecular complexity index is 326. The lowest BCUT2D eigenvalue weighted by Crippen LogP contribution is -2.40. The molecular weight excluding hydrogens is 184 g/mol. The van der Waals surface area contributed by atoms with Gasteiger partial charge < -0.3 is 0 Å². The van der Waals surface area contributed by atoms with Crippen LogP contribution in [0.25, 0.3) is 0 Å². The molecule has 3 rings (SSSR count). The average Bonchev–Trinajstić information content (AvgIpc) is 2.87. The fourth-order valence-corrected chi connectivity index (χ4v) is 2.60. The summed E-state index contributed by atoms with van der Waals surface area (Å²) >= 11 is 0. The lowest BCUT2D eigenvalue weighted by Gasteiger charge is -2.26. The van der Waals surface area contributed by atoms with E-state index in [1.807, 2.05) is 0 Å². The van der Waals surface area contributed by atoms with Gasteiger partial charge in [0.2, 0.25) is 0 Å². The third-order valence-electron chi connectivity index (χ3n) is 3.66. The minimum atomic E-state index is 0.606. The quantitative estimate of drug-likeness (QED) is 0.804. The van der Waals surface area contributed by atoms with Gasteiger partial charge in [-0.1, -0.05) is 30.3 Å². The molecule has 0 bridgehead atoms. The number of piperidine rings is 1. The van der Waals surface area contributed by atoms with E-state index in [-0.39, 0.29) is 0 Å². The fraction of sp³-hybridized carbons (Fsp3) is 0.538. The van der Waals surface area contributed by atoms with E-state index in [2.05, 4.69) is 47.6 Å². The Hall–Kier alpha value is -0.860. The third-order valence-corrected chi connectivity index (χ3v) is 3.66. The van der Waals surface area contributed by atoms with Crippen molar-refractivity contribution >= 4 is 0 Å². The van der Waals surface area contributed by atoms with Crippen LogP contribution in [0.3, 0.4) is 0 Å². The van der Waals surface area contributed by atoms with Gasteiger partial charge >= 0.3 is 0 Å². The largest absolute Gasteiger partial charge is 0.299 e. The Morgan fingerprint density at radius 2 is 2.07 bits per heavy atom. The lowest BCUT2D eigenvalue weighted by atomic mass is 10.2. The van der Waals surface area contributed by atoms with Crippen molar-refractivity contribution < 1.29 is 0 Å². The van der Waals surface area contributed by atoms with E-state index in [0.717, 1.165) is 18.5 Å². The van der Waals surface area contributed by atoms with Gasteiger partial charge in [0.25, 0.3) is 0 Å². The second-order valence-electron chi connectivity index (χ2n) is 4.92. The monoisotopic (exact) mass is 202 g/mol. The first-order valence-corrected chi connectivity index (χ1v) is 5.83. The summed E-state index contributed by atoms with van der Waals surface area (Å²) in [5.41, 5.74) is 1.40. The number of fused-ring (bicyclic) bond motifs is 1. The third kappa shape index (κ3) is 1.92. The summed E-state index contributed by atoms with van der Waals surface area (Å²) in [7, 11) is 2.22. The van der Waals surface area contributed by atoms with Gasteiger partial charge in [-0.2, -0.15) is 0 Å². The molecule has 2 fully saturated rings. The van der Waals surface area contributed by atoms with Crippen LogP contribution >= 0.6 is 0 Å². The predicted molar refractivity (Wildman–Crippen MR) is 61.3 cm³/mol. The molecule has 2 nitrogen and oxygen atoms in total. The molecule has 1 aliphatic heterocycles. The van der Waals surface area contributed by atoms with Gasteiger partial charge in [0, 0.05) is 12.6 Å². The highest BCUT2D eigenvalue weighted by Crippen LogP contribution is 2.41. The SMILES string of the molecule is CN(Cc1ccccc1)[C@@H]1C[C@@H]2C[C@@H]2N1. The fourth-order valence-electron chi connectivity index (χ4n) is 2.60. The molecule has 1 aromatic rings. The van der Waals surface area contributed by atoms with Gasteiger partial charge in [0.15, 0.2) is 0 Å². The van der Waals surface area contributed by atoms with Gasteiger partial charge in [-0.15, -0.1) is 0 Å². The molecule has 1 N–H and O–H groups in total. The number of hydrogen-bond donors (Lipinski definition) is 1. The zero-order chi connectivity index (χ0) is 10.3. The first kappa shape index (κ1) is 9.37. The van der Waals surface area contributed by atoms with Crippen LogP contribution < -0.4 is 5.32 Å². The van der Waals surface area contributed by atoms with Crippen LogP contribution in [-0.2, 0) is 6.54 Å². The van der Waals surface area contributed by atoms with Crippen LogP contribution in [0.1, 0.15) is 18.4 Å². The van der Waals surface area contributed by atoms with Crippen LogP contribution in [0.2, 0.25) is 0 Å². The van der Waals surface area contributed by atoms with Gasteiger partial charge in [0.1, 0.15) is 0 Å². The van der Waals surface area contributed by atoms with E-state index in [0.29, 0.717) is 6.17 Å². The highest BCUT2D eigenvalue weighted by Gasteiger charge is 2.46. The highest BCUT2D eigenvalue weighted by atomic mass is 15.3. The second kappa shape index (κ2) is 3.62. The molecule has 3 atom stereocenters. The molecule has 1 heterocycles. The number of nitrogens with zero attached hydrogens (tertiary/aromatic N) is 1. The molecule has 15 heavy (non-hydrogen) atoms. The Morgan fingerprint density at radius 1 is 1.27 bits per heavy atom. The smallest absolute Gasteiger partial charge is 0.0602 e. The Labute approximate surface area is 91.3 Å². The molecule has 1 aromatic carbocycles. The van der Waals surface area contributed by atoms with E-state index < -0.39 is 0 Å². The van der Waals surface area contributed by atoms with E-state index in [9.17, 15) is 0 Å². The molecule has 2 heteroatoms. The Morgan fingerprint density at radius 3 is 2.73 bits per heavy atom. The molecule has 0 radical (unpaired) electrons. The summed E-state index contributed by atoms with van der Waals surface area (Å²) in [6, 6.07) is 11.5. The molecule has 0 aromatic heterocycles. The molecule has 1 saturated heterocycles. The first-order chi connectivity index (χ1) is 7.33. The van der Waals surface area contributed by atoms with Crippen molar-refractivity contribution in [2.24, 2.45) is 5.92 Å². The van der Waals surface area contributed by atoms with E-state index >= 15 is 0 Å². The standard InChI is InChI=1S/C13H18N2/c1-15(9-10-5-3-2-4-6-10)13-8-11-7-12(11)14-13/h2-6,11-14H,7-9H2,1H3/t11-,12-,13+/m0/s1.